The fourth-order valence-corrected chi connectivity index (χ4v) is 8.66. The summed E-state index contributed by atoms with van der Waals surface area (Å²) in [4.78, 5) is 23.3. The van der Waals surface area contributed by atoms with Gasteiger partial charge in [-0.25, -0.2) is 9.59 Å². The van der Waals surface area contributed by atoms with Crippen molar-refractivity contribution in [3.05, 3.63) is 53.1 Å². The van der Waals surface area contributed by atoms with Gasteiger partial charge >= 0.3 is 11.9 Å². The lowest BCUT2D eigenvalue weighted by Crippen LogP contribution is -2.47. The van der Waals surface area contributed by atoms with Crippen molar-refractivity contribution in [3.8, 4) is 0 Å². The van der Waals surface area contributed by atoms with Crippen LogP contribution in [0.2, 0.25) is 18.6 Å². The van der Waals surface area contributed by atoms with Gasteiger partial charge in [0, 0.05) is 11.1 Å². The first-order valence-electron chi connectivity index (χ1n) is 10.2. The molecule has 0 heterocycles. The van der Waals surface area contributed by atoms with Crippen LogP contribution in [0.3, 0.4) is 0 Å². The van der Waals surface area contributed by atoms with Crippen molar-refractivity contribution < 1.29 is 19.1 Å². The monoisotopic (exact) mass is 416 g/mol. The van der Waals surface area contributed by atoms with Gasteiger partial charge in [0.05, 0.1) is 21.3 Å². The molecular formula is C24H36O4Si. The molecule has 0 spiro atoms. The highest BCUT2D eigenvalue weighted by Gasteiger charge is 2.32. The van der Waals surface area contributed by atoms with Gasteiger partial charge in [-0.2, -0.15) is 0 Å². The largest absolute Gasteiger partial charge is 0.462 e. The summed E-state index contributed by atoms with van der Waals surface area (Å²) in [6.07, 6.45) is 1.64. The smallest absolute Gasteiger partial charge is 0.333 e. The van der Waals surface area contributed by atoms with E-state index in [1.807, 2.05) is 0 Å². The quantitative estimate of drug-likeness (QED) is 0.222. The van der Waals surface area contributed by atoms with E-state index >= 15 is 0 Å². The van der Waals surface area contributed by atoms with Crippen LogP contribution >= 0.6 is 0 Å². The molecule has 0 saturated carbocycles. The van der Waals surface area contributed by atoms with Crippen LogP contribution in [0.1, 0.15) is 43.4 Å². The molecule has 0 fully saturated rings. The molecule has 0 saturated heterocycles. The number of rotatable bonds is 11. The van der Waals surface area contributed by atoms with Gasteiger partial charge in [0.15, 0.2) is 0 Å². The van der Waals surface area contributed by atoms with E-state index < -0.39 is 8.07 Å². The maximum absolute atomic E-state index is 11.6. The number of esters is 2. The van der Waals surface area contributed by atoms with E-state index in [9.17, 15) is 9.59 Å². The molecule has 0 unspecified atom stereocenters. The number of benzene rings is 1. The molecule has 160 valence electrons. The van der Waals surface area contributed by atoms with E-state index in [1.165, 1.54) is 21.9 Å². The predicted octanol–water partition coefficient (Wildman–Crippen LogP) is 4.92. The van der Waals surface area contributed by atoms with E-state index in [-0.39, 0.29) is 11.9 Å². The van der Waals surface area contributed by atoms with Crippen molar-refractivity contribution in [2.24, 2.45) is 0 Å². The third-order valence-electron chi connectivity index (χ3n) is 5.19. The highest BCUT2D eigenvalue weighted by Crippen LogP contribution is 2.24. The van der Waals surface area contributed by atoms with Crippen LogP contribution in [0.25, 0.3) is 0 Å². The molecule has 0 aromatic heterocycles. The molecule has 0 aliphatic heterocycles. The summed E-state index contributed by atoms with van der Waals surface area (Å²) in [6, 6.07) is 6.51. The standard InChI is InChI=1S/C24H36O4Si/c1-17(2)23(25)27-11-9-13-29(8,14-10-12-28-24(26)18(3)4)22-20(6)15-19(5)16-21(22)7/h15-16H,1,3,9-14H2,2,4-8H3. The van der Waals surface area contributed by atoms with Crippen molar-refractivity contribution in [2.75, 3.05) is 13.2 Å². The van der Waals surface area contributed by atoms with Gasteiger partial charge in [-0.15, -0.1) is 0 Å². The zero-order chi connectivity index (χ0) is 22.2. The summed E-state index contributed by atoms with van der Waals surface area (Å²) in [5.41, 5.74) is 4.78. The van der Waals surface area contributed by atoms with Gasteiger partial charge < -0.3 is 9.47 Å². The first kappa shape index (κ1) is 24.9. The molecule has 1 aromatic rings. The second-order valence-corrected chi connectivity index (χ2v) is 13.0. The van der Waals surface area contributed by atoms with Crippen molar-refractivity contribution in [1.82, 2.24) is 0 Å². The van der Waals surface area contributed by atoms with Crippen molar-refractivity contribution in [1.29, 1.82) is 0 Å². The molecule has 29 heavy (non-hydrogen) atoms. The van der Waals surface area contributed by atoms with E-state index in [2.05, 4.69) is 52.6 Å². The highest BCUT2D eigenvalue weighted by atomic mass is 28.3. The Morgan fingerprint density at radius 1 is 0.862 bits per heavy atom. The van der Waals surface area contributed by atoms with E-state index in [1.54, 1.807) is 13.8 Å². The molecule has 0 aliphatic carbocycles. The summed E-state index contributed by atoms with van der Waals surface area (Å²) < 4.78 is 10.6. The van der Waals surface area contributed by atoms with Crippen molar-refractivity contribution >= 4 is 25.2 Å². The molecule has 5 heteroatoms. The minimum Gasteiger partial charge on any atom is -0.462 e. The van der Waals surface area contributed by atoms with E-state index in [4.69, 9.17) is 9.47 Å². The second kappa shape index (κ2) is 11.1. The van der Waals surface area contributed by atoms with Crippen molar-refractivity contribution in [3.63, 3.8) is 0 Å². The lowest BCUT2D eigenvalue weighted by Gasteiger charge is -2.32. The molecule has 1 aromatic carbocycles. The lowest BCUT2D eigenvalue weighted by atomic mass is 10.1. The Hall–Kier alpha value is -2.14. The average Bonchev–Trinajstić information content (AvgIpc) is 2.60. The van der Waals surface area contributed by atoms with Gasteiger partial charge in [-0.3, -0.25) is 0 Å². The summed E-state index contributed by atoms with van der Waals surface area (Å²) in [7, 11) is -1.86. The van der Waals surface area contributed by atoms with Gasteiger partial charge in [0.1, 0.15) is 0 Å². The first-order valence-corrected chi connectivity index (χ1v) is 13.1. The summed E-state index contributed by atoms with van der Waals surface area (Å²) >= 11 is 0. The minimum atomic E-state index is -1.86. The first-order chi connectivity index (χ1) is 13.5. The third kappa shape index (κ3) is 7.65. The number of hydrogen-bond acceptors (Lipinski definition) is 4. The zero-order valence-corrected chi connectivity index (χ0v) is 19.9. The number of carbonyl (C=O) groups is 2. The molecular weight excluding hydrogens is 380 g/mol. The predicted molar refractivity (Wildman–Crippen MR) is 122 cm³/mol. The Bertz CT molecular complexity index is 722. The minimum absolute atomic E-state index is 0.331. The average molecular weight is 417 g/mol. The SMILES string of the molecule is C=C(C)C(=O)OCCC[Si](C)(CCCOC(=O)C(=C)C)c1c(C)cc(C)cc1C. The fraction of sp³-hybridized carbons (Fsp3) is 0.500. The molecule has 0 N–H and O–H groups in total. The topological polar surface area (TPSA) is 52.6 Å². The molecule has 0 atom stereocenters. The maximum atomic E-state index is 11.6. The molecule has 1 rings (SSSR count). The van der Waals surface area contributed by atoms with Crippen LogP contribution < -0.4 is 5.19 Å². The van der Waals surface area contributed by atoms with E-state index in [0.717, 1.165) is 24.9 Å². The number of ether oxygens (including phenoxy) is 2. The molecule has 0 amide bonds. The Labute approximate surface area is 177 Å². The Morgan fingerprint density at radius 2 is 1.24 bits per heavy atom. The summed E-state index contributed by atoms with van der Waals surface area (Å²) in [5, 5.41) is 1.47. The number of aryl methyl sites for hydroxylation is 3. The second-order valence-electron chi connectivity index (χ2n) is 8.37. The van der Waals surface area contributed by atoms with Crippen LogP contribution in [0.15, 0.2) is 36.4 Å². The Kier molecular flexibility index (Phi) is 9.57. The van der Waals surface area contributed by atoms with Gasteiger partial charge in [0.2, 0.25) is 0 Å². The fourth-order valence-electron chi connectivity index (χ4n) is 4.01. The lowest BCUT2D eigenvalue weighted by molar-refractivity contribution is -0.139. The Balaban J connectivity index is 2.90. The summed E-state index contributed by atoms with van der Waals surface area (Å²) in [5.74, 6) is -0.662. The molecule has 0 bridgehead atoms. The van der Waals surface area contributed by atoms with Crippen molar-refractivity contribution in [2.45, 2.75) is 66.1 Å². The van der Waals surface area contributed by atoms with Crippen LogP contribution in [0.4, 0.5) is 0 Å². The molecule has 0 radical (unpaired) electrons. The summed E-state index contributed by atoms with van der Waals surface area (Å²) in [6.45, 7) is 20.3. The molecule has 4 nitrogen and oxygen atoms in total. The number of hydrogen-bond donors (Lipinski definition) is 0. The van der Waals surface area contributed by atoms with Gasteiger partial charge in [-0.05, 0) is 47.5 Å². The van der Waals surface area contributed by atoms with Crippen LogP contribution in [-0.2, 0) is 19.1 Å². The third-order valence-corrected chi connectivity index (χ3v) is 10.1. The normalized spacial score (nSPS) is 11.1. The van der Waals surface area contributed by atoms with E-state index in [0.29, 0.717) is 24.4 Å². The molecule has 0 aliphatic rings. The van der Waals surface area contributed by atoms with Crippen LogP contribution in [0, 0.1) is 20.8 Å². The van der Waals surface area contributed by atoms with Gasteiger partial charge in [0.25, 0.3) is 0 Å². The highest BCUT2D eigenvalue weighted by molar-refractivity contribution is 6.91. The van der Waals surface area contributed by atoms with Gasteiger partial charge in [-0.1, -0.05) is 65.8 Å². The maximum Gasteiger partial charge on any atom is 0.333 e. The Morgan fingerprint density at radius 3 is 1.59 bits per heavy atom. The van der Waals surface area contributed by atoms with Crippen LogP contribution in [-0.4, -0.2) is 33.2 Å². The van der Waals surface area contributed by atoms with Crippen LogP contribution in [0.5, 0.6) is 0 Å². The number of carbonyl (C=O) groups excluding carboxylic acids is 2. The zero-order valence-electron chi connectivity index (χ0n) is 18.9.